The van der Waals surface area contributed by atoms with Crippen molar-refractivity contribution in [2.24, 2.45) is 16.8 Å². The number of ether oxygens (including phenoxy) is 2. The summed E-state index contributed by atoms with van der Waals surface area (Å²) in [5, 5.41) is 10.2. The van der Waals surface area contributed by atoms with E-state index in [2.05, 4.69) is 33.6 Å². The van der Waals surface area contributed by atoms with Gasteiger partial charge in [-0.1, -0.05) is 38.5 Å². The number of rotatable bonds is 12. The summed E-state index contributed by atoms with van der Waals surface area (Å²) in [6.07, 6.45) is 3.70. The third-order valence-electron chi connectivity index (χ3n) is 7.63. The molecule has 10 heteroatoms. The Morgan fingerprint density at radius 3 is 2.57 bits per heavy atom. The van der Waals surface area contributed by atoms with Crippen LogP contribution in [0.1, 0.15) is 76.8 Å². The highest BCUT2D eigenvalue weighted by atomic mass is 79.9. The Morgan fingerprint density at radius 1 is 1.12 bits per heavy atom. The van der Waals surface area contributed by atoms with Crippen LogP contribution in [0.25, 0.3) is 0 Å². The van der Waals surface area contributed by atoms with Crippen molar-refractivity contribution in [1.29, 1.82) is 5.26 Å². The van der Waals surface area contributed by atoms with Crippen LogP contribution in [-0.2, 0) is 21.4 Å². The zero-order valence-electron chi connectivity index (χ0n) is 24.6. The first-order valence-electron chi connectivity index (χ1n) is 14.5. The average Bonchev–Trinajstić information content (AvgIpc) is 2.92. The molecule has 2 aromatic rings. The Kier molecular flexibility index (Phi) is 10.5. The van der Waals surface area contributed by atoms with E-state index in [4.69, 9.17) is 14.5 Å². The predicted octanol–water partition coefficient (Wildman–Crippen LogP) is 7.31. The lowest BCUT2D eigenvalue weighted by atomic mass is 9.70. The molecule has 1 aliphatic carbocycles. The highest BCUT2D eigenvalue weighted by molar-refractivity contribution is 9.10. The molecule has 0 radical (unpaired) electrons. The van der Waals surface area contributed by atoms with Crippen molar-refractivity contribution < 1.29 is 22.7 Å². The summed E-state index contributed by atoms with van der Waals surface area (Å²) in [4.78, 5) is 18.3. The normalized spacial score (nSPS) is 20.4. The zero-order valence-corrected chi connectivity index (χ0v) is 27.0. The fourth-order valence-electron chi connectivity index (χ4n) is 5.83. The average molecular weight is 657 g/mol. The van der Waals surface area contributed by atoms with Crippen LogP contribution in [0.5, 0.6) is 11.5 Å². The lowest BCUT2D eigenvalue weighted by Crippen LogP contribution is -2.32. The molecule has 2 aliphatic rings. The van der Waals surface area contributed by atoms with E-state index >= 15 is 0 Å². The van der Waals surface area contributed by atoms with Gasteiger partial charge in [-0.15, -0.1) is 0 Å². The van der Waals surface area contributed by atoms with E-state index in [0.717, 1.165) is 30.5 Å². The van der Waals surface area contributed by atoms with Crippen LogP contribution in [0.2, 0.25) is 0 Å². The summed E-state index contributed by atoms with van der Waals surface area (Å²) in [7, 11) is -3.47. The number of halogens is 1. The number of sulfonamides is 1. The number of hydrogen-bond acceptors (Lipinski definition) is 7. The van der Waals surface area contributed by atoms with Gasteiger partial charge in [0.05, 0.1) is 34.5 Å². The molecule has 0 saturated heterocycles. The number of ketones is 1. The summed E-state index contributed by atoms with van der Waals surface area (Å²) in [5.41, 5.74) is 4.06. The van der Waals surface area contributed by atoms with Gasteiger partial charge in [-0.2, -0.15) is 5.26 Å². The minimum absolute atomic E-state index is 0.0264. The number of nitrogens with one attached hydrogen (secondary N) is 1. The number of benzene rings is 2. The van der Waals surface area contributed by atoms with Crippen LogP contribution in [-0.4, -0.2) is 32.3 Å². The maximum atomic E-state index is 13.5. The van der Waals surface area contributed by atoms with Crippen LogP contribution in [0, 0.1) is 23.2 Å². The van der Waals surface area contributed by atoms with Crippen LogP contribution < -0.4 is 14.2 Å². The standard InChI is InChI=1S/C32H38BrN3O5S/c1-5-10-21-14-27-31(28(37)15-21)30(24(18-34)20(4)35-27)23-16-25(33)32(29(17-23)40-7-3)41-19-22-11-8-9-12-26(22)36-42(38,39)13-6-2/h8-9,11-12,16-17,21,24,30,36H,5-7,10,13-15,19H2,1-4H3. The van der Waals surface area contributed by atoms with Crippen LogP contribution in [0.3, 0.4) is 0 Å². The van der Waals surface area contributed by atoms with Crippen molar-refractivity contribution in [2.45, 2.75) is 72.3 Å². The molecule has 0 spiro atoms. The van der Waals surface area contributed by atoms with Crippen molar-refractivity contribution in [3.05, 3.63) is 63.3 Å². The summed E-state index contributed by atoms with van der Waals surface area (Å²) in [5.74, 6) is 0.243. The molecule has 3 atom stereocenters. The van der Waals surface area contributed by atoms with Gasteiger partial charge in [-0.25, -0.2) is 8.42 Å². The quantitative estimate of drug-likeness (QED) is 0.256. The number of nitriles is 1. The number of aliphatic imine (C=N–C) groups is 1. The van der Waals surface area contributed by atoms with E-state index in [1.807, 2.05) is 45.0 Å². The predicted molar refractivity (Wildman–Crippen MR) is 168 cm³/mol. The maximum Gasteiger partial charge on any atom is 0.232 e. The van der Waals surface area contributed by atoms with E-state index in [1.54, 1.807) is 12.1 Å². The third kappa shape index (κ3) is 7.07. The van der Waals surface area contributed by atoms with Crippen molar-refractivity contribution >= 4 is 43.1 Å². The first-order valence-corrected chi connectivity index (χ1v) is 16.9. The number of allylic oxidation sites excluding steroid dienone is 2. The molecule has 8 nitrogen and oxygen atoms in total. The second-order valence-electron chi connectivity index (χ2n) is 10.8. The van der Waals surface area contributed by atoms with Gasteiger partial charge in [-0.3, -0.25) is 14.5 Å². The largest absolute Gasteiger partial charge is 0.490 e. The van der Waals surface area contributed by atoms with Crippen molar-refractivity contribution in [3.8, 4) is 17.6 Å². The molecule has 0 amide bonds. The summed E-state index contributed by atoms with van der Waals surface area (Å²) >= 11 is 3.66. The Morgan fingerprint density at radius 2 is 1.88 bits per heavy atom. The van der Waals surface area contributed by atoms with Gasteiger partial charge in [0.2, 0.25) is 10.0 Å². The molecule has 1 heterocycles. The molecule has 1 N–H and O–H groups in total. The molecule has 3 unspecified atom stereocenters. The fraction of sp³-hybridized carbons (Fsp3) is 0.469. The highest BCUT2D eigenvalue weighted by Gasteiger charge is 2.41. The van der Waals surface area contributed by atoms with Crippen molar-refractivity contribution in [3.63, 3.8) is 0 Å². The molecule has 0 saturated carbocycles. The van der Waals surface area contributed by atoms with Crippen LogP contribution >= 0.6 is 15.9 Å². The van der Waals surface area contributed by atoms with Crippen molar-refractivity contribution in [2.75, 3.05) is 17.1 Å². The van der Waals surface area contributed by atoms with Gasteiger partial charge in [0.15, 0.2) is 17.3 Å². The lowest BCUT2D eigenvalue weighted by molar-refractivity contribution is -0.117. The Balaban J connectivity index is 1.69. The monoisotopic (exact) mass is 655 g/mol. The second kappa shape index (κ2) is 13.9. The Labute approximate surface area is 257 Å². The number of carbonyl (C=O) groups excluding carboxylic acids is 1. The van der Waals surface area contributed by atoms with Gasteiger partial charge in [-0.05, 0) is 78.7 Å². The SMILES string of the molecule is CCCC1CC(=O)C2=C(C1)N=C(C)C(C#N)C2c1cc(Br)c(OCc2ccccc2NS(=O)(=O)CCC)c(OCC)c1. The van der Waals surface area contributed by atoms with E-state index in [1.165, 1.54) is 0 Å². The van der Waals surface area contributed by atoms with Gasteiger partial charge < -0.3 is 9.47 Å². The van der Waals surface area contributed by atoms with E-state index in [0.29, 0.717) is 58.0 Å². The number of Topliss-reactive ketones (excluding diaryl/α,β-unsaturated/α-hetero) is 1. The van der Waals surface area contributed by atoms with E-state index in [-0.39, 0.29) is 24.1 Å². The van der Waals surface area contributed by atoms with E-state index < -0.39 is 21.9 Å². The second-order valence-corrected chi connectivity index (χ2v) is 13.5. The number of para-hydroxylation sites is 1. The molecule has 0 aromatic heterocycles. The number of hydrogen-bond donors (Lipinski definition) is 1. The first kappa shape index (κ1) is 31.8. The molecule has 1 aliphatic heterocycles. The van der Waals surface area contributed by atoms with Crippen LogP contribution in [0.15, 0.2) is 57.1 Å². The summed E-state index contributed by atoms with van der Waals surface area (Å²) in [6, 6.07) is 13.2. The summed E-state index contributed by atoms with van der Waals surface area (Å²) in [6.45, 7) is 8.13. The molecular formula is C32H38BrN3O5S. The smallest absolute Gasteiger partial charge is 0.232 e. The maximum absolute atomic E-state index is 13.5. The number of nitrogens with zero attached hydrogens (tertiary/aromatic N) is 2. The molecule has 0 bridgehead atoms. The zero-order chi connectivity index (χ0) is 30.4. The lowest BCUT2D eigenvalue weighted by Gasteiger charge is -2.35. The number of anilines is 1. The van der Waals surface area contributed by atoms with Gasteiger partial charge in [0.25, 0.3) is 0 Å². The number of carbonyl (C=O) groups is 1. The molecule has 0 fully saturated rings. The van der Waals surface area contributed by atoms with Crippen LogP contribution in [0.4, 0.5) is 5.69 Å². The fourth-order valence-corrected chi connectivity index (χ4v) is 7.58. The van der Waals surface area contributed by atoms with Gasteiger partial charge >= 0.3 is 0 Å². The first-order chi connectivity index (χ1) is 20.1. The topological polar surface area (TPSA) is 118 Å². The molecule has 224 valence electrons. The highest BCUT2D eigenvalue weighted by Crippen LogP contribution is 2.48. The molecular weight excluding hydrogens is 618 g/mol. The molecule has 2 aromatic carbocycles. The van der Waals surface area contributed by atoms with E-state index in [9.17, 15) is 18.5 Å². The van der Waals surface area contributed by atoms with Crippen molar-refractivity contribution in [1.82, 2.24) is 0 Å². The summed E-state index contributed by atoms with van der Waals surface area (Å²) < 4.78 is 40.3. The molecule has 42 heavy (non-hydrogen) atoms. The minimum Gasteiger partial charge on any atom is -0.490 e. The van der Waals surface area contributed by atoms with Gasteiger partial charge in [0.1, 0.15) is 6.61 Å². The third-order valence-corrected chi connectivity index (χ3v) is 9.69. The molecule has 4 rings (SSSR count). The van der Waals surface area contributed by atoms with Gasteiger partial charge in [0, 0.05) is 34.9 Å². The minimum atomic E-state index is -3.47. The Bertz CT molecular complexity index is 1540. The Hall–Kier alpha value is -3.16.